The lowest BCUT2D eigenvalue weighted by Gasteiger charge is -2.10. The minimum Gasteiger partial charge on any atom is -0.273 e. The molecule has 3 N–H and O–H groups in total. The summed E-state index contributed by atoms with van der Waals surface area (Å²) in [5, 5.41) is 0. The van der Waals surface area contributed by atoms with Gasteiger partial charge in [0, 0.05) is 18.5 Å². The molecule has 0 saturated heterocycles. The highest BCUT2D eigenvalue weighted by atomic mass is 32.2. The van der Waals surface area contributed by atoms with Gasteiger partial charge < -0.3 is 0 Å². The first kappa shape index (κ1) is 21.5. The Labute approximate surface area is 161 Å². The Morgan fingerprint density at radius 3 is 2.32 bits per heavy atom. The van der Waals surface area contributed by atoms with Crippen LogP contribution in [-0.4, -0.2) is 26.8 Å². The Hall–Kier alpha value is -2.85. The van der Waals surface area contributed by atoms with Crippen LogP contribution in [0.25, 0.3) is 0 Å². The molecular weight excluding hydrogens is 392 g/mol. The second kappa shape index (κ2) is 8.89. The monoisotopic (exact) mass is 411 g/mol. The van der Waals surface area contributed by atoms with Crippen LogP contribution in [0.2, 0.25) is 0 Å². The first-order chi connectivity index (χ1) is 13.1. The van der Waals surface area contributed by atoms with Crippen LogP contribution in [0.3, 0.4) is 0 Å². The molecule has 0 aliphatic heterocycles. The van der Waals surface area contributed by atoms with Gasteiger partial charge in [0.15, 0.2) is 11.6 Å². The first-order valence-corrected chi connectivity index (χ1v) is 9.69. The minimum atomic E-state index is -4.10. The molecule has 28 heavy (non-hydrogen) atoms. The molecule has 7 nitrogen and oxygen atoms in total. The lowest BCUT2D eigenvalue weighted by Crippen LogP contribution is -2.43. The number of sulfonamides is 1. The predicted octanol–water partition coefficient (Wildman–Crippen LogP) is 1.71. The van der Waals surface area contributed by atoms with Gasteiger partial charge in [0.1, 0.15) is 0 Å². The smallest absolute Gasteiger partial charge is 0.269 e. The third-order valence-electron chi connectivity index (χ3n) is 3.79. The third-order valence-corrected chi connectivity index (χ3v) is 5.25. The predicted molar refractivity (Wildman–Crippen MR) is 97.7 cm³/mol. The van der Waals surface area contributed by atoms with Crippen molar-refractivity contribution in [2.45, 2.75) is 25.2 Å². The van der Waals surface area contributed by atoms with Crippen molar-refractivity contribution in [1.29, 1.82) is 0 Å². The van der Waals surface area contributed by atoms with E-state index in [4.69, 9.17) is 0 Å². The van der Waals surface area contributed by atoms with E-state index in [9.17, 15) is 26.8 Å². The minimum absolute atomic E-state index is 0.282. The van der Waals surface area contributed by atoms with Crippen molar-refractivity contribution >= 4 is 21.8 Å². The fraction of sp³-hybridized carbons (Fsp3) is 0.222. The number of aryl methyl sites for hydroxylation is 2. The molecule has 2 aromatic rings. The molecule has 0 aliphatic carbocycles. The number of hydrogen-bond donors (Lipinski definition) is 3. The van der Waals surface area contributed by atoms with Crippen molar-refractivity contribution in [3.63, 3.8) is 0 Å². The maximum absolute atomic E-state index is 13.2. The molecule has 0 radical (unpaired) electrons. The van der Waals surface area contributed by atoms with Crippen LogP contribution < -0.4 is 15.6 Å². The maximum atomic E-state index is 13.2. The van der Waals surface area contributed by atoms with E-state index in [1.165, 1.54) is 0 Å². The number of benzene rings is 2. The normalized spacial score (nSPS) is 11.1. The molecule has 2 amide bonds. The molecule has 0 unspecified atom stereocenters. The Balaban J connectivity index is 1.83. The largest absolute Gasteiger partial charge is 0.273 e. The highest BCUT2D eigenvalue weighted by Crippen LogP contribution is 2.13. The van der Waals surface area contributed by atoms with Crippen LogP contribution in [0.5, 0.6) is 0 Å². The van der Waals surface area contributed by atoms with Crippen molar-refractivity contribution in [2.24, 2.45) is 0 Å². The molecule has 0 aromatic heterocycles. The molecule has 0 saturated carbocycles. The number of amides is 2. The van der Waals surface area contributed by atoms with Crippen molar-refractivity contribution in [1.82, 2.24) is 15.6 Å². The van der Waals surface area contributed by atoms with Crippen molar-refractivity contribution in [3.8, 4) is 0 Å². The molecule has 10 heteroatoms. The fourth-order valence-electron chi connectivity index (χ4n) is 2.35. The molecule has 150 valence electrons. The van der Waals surface area contributed by atoms with Gasteiger partial charge >= 0.3 is 0 Å². The summed E-state index contributed by atoms with van der Waals surface area (Å²) in [5.41, 5.74) is 6.55. The second-order valence-electron chi connectivity index (χ2n) is 6.04. The Kier molecular flexibility index (Phi) is 6.81. The number of hydrogen-bond acceptors (Lipinski definition) is 4. The highest BCUT2D eigenvalue weighted by molar-refractivity contribution is 7.89. The van der Waals surface area contributed by atoms with Crippen LogP contribution in [0.15, 0.2) is 41.3 Å². The van der Waals surface area contributed by atoms with E-state index in [-0.39, 0.29) is 13.0 Å². The molecule has 2 rings (SSSR count). The van der Waals surface area contributed by atoms with Gasteiger partial charge in [-0.05, 0) is 43.7 Å². The average Bonchev–Trinajstić information content (AvgIpc) is 2.61. The molecule has 0 fully saturated rings. The van der Waals surface area contributed by atoms with Gasteiger partial charge in [0.25, 0.3) is 5.91 Å². The van der Waals surface area contributed by atoms with E-state index in [0.717, 1.165) is 17.2 Å². The number of hydrazine groups is 1. The summed E-state index contributed by atoms with van der Waals surface area (Å²) >= 11 is 0. The van der Waals surface area contributed by atoms with E-state index in [0.29, 0.717) is 17.7 Å². The van der Waals surface area contributed by atoms with E-state index < -0.39 is 38.4 Å². The number of nitrogens with one attached hydrogen (secondary N) is 3. The van der Waals surface area contributed by atoms with Gasteiger partial charge in [-0.1, -0.05) is 17.7 Å². The van der Waals surface area contributed by atoms with E-state index >= 15 is 0 Å². The maximum Gasteiger partial charge on any atom is 0.269 e. The topological polar surface area (TPSA) is 104 Å². The number of halogens is 2. The SMILES string of the molecule is Cc1ccc(C(=O)NNC(=O)CCNS(=O)(=O)c2ccc(F)c(F)c2)c(C)c1. The lowest BCUT2D eigenvalue weighted by atomic mass is 10.1. The summed E-state index contributed by atoms with van der Waals surface area (Å²) in [7, 11) is -4.10. The zero-order valence-corrected chi connectivity index (χ0v) is 16.0. The fourth-order valence-corrected chi connectivity index (χ4v) is 3.39. The molecule has 0 heterocycles. The van der Waals surface area contributed by atoms with Gasteiger partial charge in [-0.25, -0.2) is 21.9 Å². The summed E-state index contributed by atoms with van der Waals surface area (Å²) in [4.78, 5) is 23.4. The van der Waals surface area contributed by atoms with Gasteiger partial charge in [0.2, 0.25) is 15.9 Å². The summed E-state index contributed by atoms with van der Waals surface area (Å²) < 4.78 is 52.1. The molecule has 0 atom stereocenters. The second-order valence-corrected chi connectivity index (χ2v) is 7.81. The Morgan fingerprint density at radius 2 is 1.68 bits per heavy atom. The summed E-state index contributed by atoms with van der Waals surface area (Å²) in [6, 6.07) is 7.36. The zero-order chi connectivity index (χ0) is 20.9. The van der Waals surface area contributed by atoms with E-state index in [1.807, 2.05) is 13.0 Å². The summed E-state index contributed by atoms with van der Waals surface area (Å²) in [6.07, 6.45) is -0.282. The molecule has 0 bridgehead atoms. The zero-order valence-electron chi connectivity index (χ0n) is 15.2. The van der Waals surface area contributed by atoms with Crippen LogP contribution in [-0.2, 0) is 14.8 Å². The Bertz CT molecular complexity index is 1010. The molecule has 2 aromatic carbocycles. The van der Waals surface area contributed by atoms with Gasteiger partial charge in [-0.2, -0.15) is 0 Å². The third kappa shape index (κ3) is 5.57. The summed E-state index contributed by atoms with van der Waals surface area (Å²) in [6.45, 7) is 3.35. The van der Waals surface area contributed by atoms with E-state index in [1.54, 1.807) is 19.1 Å². The van der Waals surface area contributed by atoms with Crippen molar-refractivity contribution in [3.05, 3.63) is 64.7 Å². The first-order valence-electron chi connectivity index (χ1n) is 8.21. The molecular formula is C18H19F2N3O4S. The van der Waals surface area contributed by atoms with Gasteiger partial charge in [0.05, 0.1) is 4.90 Å². The van der Waals surface area contributed by atoms with Gasteiger partial charge in [-0.15, -0.1) is 0 Å². The number of carbonyl (C=O) groups excluding carboxylic acids is 2. The standard InChI is InChI=1S/C18H19F2N3O4S/c1-11-3-5-14(12(2)9-11)18(25)23-22-17(24)7-8-21-28(26,27)13-4-6-15(19)16(20)10-13/h3-6,9-10,21H,7-8H2,1-2H3,(H,22,24)(H,23,25). The van der Waals surface area contributed by atoms with Crippen LogP contribution in [0.1, 0.15) is 27.9 Å². The van der Waals surface area contributed by atoms with Crippen molar-refractivity contribution in [2.75, 3.05) is 6.54 Å². The van der Waals surface area contributed by atoms with Crippen LogP contribution in [0, 0.1) is 25.5 Å². The highest BCUT2D eigenvalue weighted by Gasteiger charge is 2.17. The molecule has 0 spiro atoms. The average molecular weight is 411 g/mol. The quantitative estimate of drug-likeness (QED) is 0.630. The van der Waals surface area contributed by atoms with Crippen LogP contribution >= 0.6 is 0 Å². The van der Waals surface area contributed by atoms with E-state index in [2.05, 4.69) is 15.6 Å². The lowest BCUT2D eigenvalue weighted by molar-refractivity contribution is -0.121. The Morgan fingerprint density at radius 1 is 0.964 bits per heavy atom. The van der Waals surface area contributed by atoms with Crippen LogP contribution in [0.4, 0.5) is 8.78 Å². The van der Waals surface area contributed by atoms with Gasteiger partial charge in [-0.3, -0.25) is 20.4 Å². The van der Waals surface area contributed by atoms with Crippen molar-refractivity contribution < 1.29 is 26.8 Å². The number of carbonyl (C=O) groups is 2. The molecule has 0 aliphatic rings. The summed E-state index contributed by atoms with van der Waals surface area (Å²) in [5.74, 6) is -3.60. The number of rotatable bonds is 6.